The van der Waals surface area contributed by atoms with Crippen LogP contribution in [0.5, 0.6) is 0 Å². The van der Waals surface area contributed by atoms with E-state index >= 15 is 0 Å². The largest absolute Gasteiger partial charge is 0.322 e. The Morgan fingerprint density at radius 2 is 2.38 bits per heavy atom. The lowest BCUT2D eigenvalue weighted by Gasteiger charge is -2.01. The third-order valence-electron chi connectivity index (χ3n) is 2.28. The summed E-state index contributed by atoms with van der Waals surface area (Å²) in [5.74, 6) is -0.121. The summed E-state index contributed by atoms with van der Waals surface area (Å²) < 4.78 is 1.63. The zero-order valence-electron chi connectivity index (χ0n) is 9.19. The summed E-state index contributed by atoms with van der Waals surface area (Å²) in [5.41, 5.74) is 2.68. The number of hydrogen-bond acceptors (Lipinski definition) is 3. The molecule has 1 amide bonds. The van der Waals surface area contributed by atoms with Crippen LogP contribution >= 0.6 is 0 Å². The van der Waals surface area contributed by atoms with Gasteiger partial charge in [-0.05, 0) is 19.4 Å². The number of nitrogens with zero attached hydrogens (tertiary/aromatic N) is 3. The van der Waals surface area contributed by atoms with Gasteiger partial charge in [-0.3, -0.25) is 14.6 Å². The number of amides is 1. The Hall–Kier alpha value is -2.11. The van der Waals surface area contributed by atoms with E-state index in [4.69, 9.17) is 0 Å². The maximum absolute atomic E-state index is 11.6. The van der Waals surface area contributed by atoms with Gasteiger partial charge in [0, 0.05) is 12.4 Å². The van der Waals surface area contributed by atoms with Crippen molar-refractivity contribution in [3.8, 4) is 0 Å². The molecule has 6 heteroatoms. The molecule has 0 aliphatic rings. The highest BCUT2D eigenvalue weighted by atomic mass is 16.2. The Kier molecular flexibility index (Phi) is 2.72. The van der Waals surface area contributed by atoms with Gasteiger partial charge >= 0.3 is 0 Å². The molecule has 0 fully saturated rings. The fourth-order valence-electron chi connectivity index (χ4n) is 1.37. The average Bonchev–Trinajstić information content (AvgIpc) is 2.78. The molecule has 0 aromatic carbocycles. The van der Waals surface area contributed by atoms with Crippen LogP contribution in [0.2, 0.25) is 0 Å². The molecule has 0 atom stereocenters. The molecule has 2 aromatic rings. The van der Waals surface area contributed by atoms with Crippen LogP contribution in [0.1, 0.15) is 11.3 Å². The van der Waals surface area contributed by atoms with E-state index in [0.717, 1.165) is 11.3 Å². The Bertz CT molecular complexity index is 466. The van der Waals surface area contributed by atoms with Gasteiger partial charge in [0.05, 0.1) is 17.6 Å². The molecule has 84 valence electrons. The molecule has 0 spiro atoms. The molecule has 0 bridgehead atoms. The summed E-state index contributed by atoms with van der Waals surface area (Å²) in [6.45, 7) is 4.09. The molecule has 0 saturated heterocycles. The van der Waals surface area contributed by atoms with E-state index in [1.807, 2.05) is 20.0 Å². The second-order valence-electron chi connectivity index (χ2n) is 3.63. The Morgan fingerprint density at radius 1 is 1.56 bits per heavy atom. The van der Waals surface area contributed by atoms with E-state index in [1.165, 1.54) is 0 Å². The summed E-state index contributed by atoms with van der Waals surface area (Å²) in [5, 5.41) is 13.3. The number of carbonyl (C=O) groups is 1. The molecule has 0 radical (unpaired) electrons. The summed E-state index contributed by atoms with van der Waals surface area (Å²) in [7, 11) is 0. The molecule has 2 rings (SSSR count). The highest BCUT2D eigenvalue weighted by Gasteiger charge is 2.06. The van der Waals surface area contributed by atoms with Gasteiger partial charge in [0.1, 0.15) is 6.54 Å². The number of hydrogen-bond donors (Lipinski definition) is 2. The van der Waals surface area contributed by atoms with E-state index in [-0.39, 0.29) is 12.5 Å². The highest BCUT2D eigenvalue weighted by molar-refractivity contribution is 5.90. The highest BCUT2D eigenvalue weighted by Crippen LogP contribution is 2.04. The predicted octanol–water partition coefficient (Wildman–Crippen LogP) is 0.862. The fourth-order valence-corrected chi connectivity index (χ4v) is 1.37. The minimum atomic E-state index is -0.121. The van der Waals surface area contributed by atoms with Crippen molar-refractivity contribution in [3.63, 3.8) is 0 Å². The molecule has 16 heavy (non-hydrogen) atoms. The number of carbonyl (C=O) groups excluding carboxylic acids is 1. The average molecular weight is 219 g/mol. The van der Waals surface area contributed by atoms with Crippen molar-refractivity contribution in [1.82, 2.24) is 20.0 Å². The van der Waals surface area contributed by atoms with Crippen molar-refractivity contribution in [1.29, 1.82) is 0 Å². The number of anilines is 1. The van der Waals surface area contributed by atoms with Crippen molar-refractivity contribution in [2.24, 2.45) is 0 Å². The molecule has 2 heterocycles. The summed E-state index contributed by atoms with van der Waals surface area (Å²) in [6.07, 6.45) is 5.03. The summed E-state index contributed by atoms with van der Waals surface area (Å²) in [4.78, 5) is 11.6. The first-order valence-corrected chi connectivity index (χ1v) is 4.94. The number of nitrogens with one attached hydrogen (secondary N) is 2. The number of aromatic nitrogens is 4. The Labute approximate surface area is 92.7 Å². The van der Waals surface area contributed by atoms with Crippen molar-refractivity contribution in [2.75, 3.05) is 5.32 Å². The van der Waals surface area contributed by atoms with E-state index in [1.54, 1.807) is 17.1 Å². The third kappa shape index (κ3) is 2.28. The van der Waals surface area contributed by atoms with E-state index in [9.17, 15) is 4.79 Å². The quantitative estimate of drug-likeness (QED) is 0.804. The normalized spacial score (nSPS) is 10.4. The monoisotopic (exact) mass is 219 g/mol. The lowest BCUT2D eigenvalue weighted by atomic mass is 10.3. The molecular formula is C10H13N5O. The van der Waals surface area contributed by atoms with Gasteiger partial charge in [-0.15, -0.1) is 0 Å². The van der Waals surface area contributed by atoms with Crippen LogP contribution in [0.4, 0.5) is 5.69 Å². The maximum Gasteiger partial charge on any atom is 0.246 e. The third-order valence-corrected chi connectivity index (χ3v) is 2.28. The van der Waals surface area contributed by atoms with Crippen LogP contribution in [0.15, 0.2) is 18.6 Å². The molecular weight excluding hydrogens is 206 g/mol. The smallest absolute Gasteiger partial charge is 0.246 e. The van der Waals surface area contributed by atoms with E-state index in [0.29, 0.717) is 5.69 Å². The Morgan fingerprint density at radius 3 is 2.94 bits per heavy atom. The fraction of sp³-hybridized carbons (Fsp3) is 0.300. The molecule has 6 nitrogen and oxygen atoms in total. The molecule has 0 aliphatic carbocycles. The minimum Gasteiger partial charge on any atom is -0.322 e. The predicted molar refractivity (Wildman–Crippen MR) is 58.9 cm³/mol. The van der Waals surface area contributed by atoms with Gasteiger partial charge in [0.2, 0.25) is 5.91 Å². The maximum atomic E-state index is 11.6. The first-order chi connectivity index (χ1) is 7.65. The zero-order chi connectivity index (χ0) is 11.5. The second-order valence-corrected chi connectivity index (χ2v) is 3.63. The molecule has 2 N–H and O–H groups in total. The van der Waals surface area contributed by atoms with E-state index < -0.39 is 0 Å². The van der Waals surface area contributed by atoms with Gasteiger partial charge in [0.15, 0.2) is 0 Å². The van der Waals surface area contributed by atoms with Gasteiger partial charge in [0.25, 0.3) is 0 Å². The lowest BCUT2D eigenvalue weighted by Crippen LogP contribution is -2.18. The zero-order valence-corrected chi connectivity index (χ0v) is 9.19. The summed E-state index contributed by atoms with van der Waals surface area (Å²) in [6, 6.07) is 0. The number of aromatic amines is 1. The van der Waals surface area contributed by atoms with Crippen LogP contribution in [0.25, 0.3) is 0 Å². The second kappa shape index (κ2) is 4.18. The number of H-pyrrole nitrogens is 1. The van der Waals surface area contributed by atoms with Crippen LogP contribution in [0, 0.1) is 13.8 Å². The van der Waals surface area contributed by atoms with Crippen molar-refractivity contribution in [3.05, 3.63) is 29.8 Å². The van der Waals surface area contributed by atoms with Gasteiger partial charge < -0.3 is 5.32 Å². The van der Waals surface area contributed by atoms with Crippen molar-refractivity contribution < 1.29 is 4.79 Å². The SMILES string of the molecule is Cc1cn(CC(=O)Nc2cn[nH]c2)nc1C. The van der Waals surface area contributed by atoms with Crippen LogP contribution in [-0.2, 0) is 11.3 Å². The number of rotatable bonds is 3. The van der Waals surface area contributed by atoms with Gasteiger partial charge in [-0.1, -0.05) is 0 Å². The van der Waals surface area contributed by atoms with E-state index in [2.05, 4.69) is 20.6 Å². The van der Waals surface area contributed by atoms with Gasteiger partial charge in [-0.2, -0.15) is 10.2 Å². The molecule has 0 aliphatic heterocycles. The lowest BCUT2D eigenvalue weighted by molar-refractivity contribution is -0.116. The van der Waals surface area contributed by atoms with Crippen LogP contribution in [-0.4, -0.2) is 25.9 Å². The van der Waals surface area contributed by atoms with Crippen molar-refractivity contribution in [2.45, 2.75) is 20.4 Å². The van der Waals surface area contributed by atoms with Gasteiger partial charge in [-0.25, -0.2) is 0 Å². The summed E-state index contributed by atoms with van der Waals surface area (Å²) >= 11 is 0. The molecule has 0 unspecified atom stereocenters. The van der Waals surface area contributed by atoms with Crippen molar-refractivity contribution >= 4 is 11.6 Å². The molecule has 2 aromatic heterocycles. The van der Waals surface area contributed by atoms with Crippen LogP contribution < -0.4 is 5.32 Å². The Balaban J connectivity index is 1.97. The first kappa shape index (κ1) is 10.4. The topological polar surface area (TPSA) is 75.6 Å². The number of aryl methyl sites for hydroxylation is 2. The minimum absolute atomic E-state index is 0.121. The molecule has 0 saturated carbocycles. The van der Waals surface area contributed by atoms with Crippen LogP contribution in [0.3, 0.4) is 0 Å². The standard InChI is InChI=1S/C10H13N5O/c1-7-5-15(14-8(7)2)6-10(16)13-9-3-11-12-4-9/h3-5H,6H2,1-2H3,(H,11,12)(H,13,16). The first-order valence-electron chi connectivity index (χ1n) is 4.94.